The van der Waals surface area contributed by atoms with Gasteiger partial charge in [0.25, 0.3) is 0 Å². The highest BCUT2D eigenvalue weighted by Gasteiger charge is 2.10. The predicted molar refractivity (Wildman–Crippen MR) is 78.6 cm³/mol. The Morgan fingerprint density at radius 1 is 1.17 bits per heavy atom. The van der Waals surface area contributed by atoms with Crippen molar-refractivity contribution in [2.24, 2.45) is 0 Å². The van der Waals surface area contributed by atoms with Crippen LogP contribution < -0.4 is 5.73 Å². The first kappa shape index (κ1) is 11.2. The quantitative estimate of drug-likeness (QED) is 0.718. The molecule has 0 aliphatic rings. The summed E-state index contributed by atoms with van der Waals surface area (Å²) in [6.45, 7) is 4.00. The second-order valence-electron chi connectivity index (χ2n) is 3.38. The summed E-state index contributed by atoms with van der Waals surface area (Å²) in [6.07, 6.45) is 1.43. The number of fused-ring (bicyclic) bond motifs is 1. The largest absolute Gasteiger partial charge is 0.383 e. The van der Waals surface area contributed by atoms with E-state index in [1.807, 2.05) is 44.2 Å². The van der Waals surface area contributed by atoms with Crippen molar-refractivity contribution in [1.82, 2.24) is 9.97 Å². The maximum absolute atomic E-state index is 8.03. The van der Waals surface area contributed by atoms with Gasteiger partial charge in [0.05, 0.1) is 6.76 Å². The van der Waals surface area contributed by atoms with Crippen molar-refractivity contribution in [1.29, 1.82) is 0 Å². The van der Waals surface area contributed by atoms with Crippen LogP contribution in [0.5, 0.6) is 0 Å². The smallest absolute Gasteiger partial charge is 0.136 e. The molecule has 3 aromatic rings. The topological polar surface area (TPSA) is 51.8 Å². The number of aromatic nitrogens is 2. The first-order valence-corrected chi connectivity index (χ1v) is 6.64. The van der Waals surface area contributed by atoms with Crippen molar-refractivity contribution >= 4 is 27.4 Å². The van der Waals surface area contributed by atoms with E-state index in [0.717, 1.165) is 21.3 Å². The number of hydrogen-bond donors (Lipinski definition) is 1. The monoisotopic (exact) mass is 258 g/mol. The number of nitrogens with zero attached hydrogens (tertiary/aromatic N) is 2. The molecule has 2 heterocycles. The fourth-order valence-electron chi connectivity index (χ4n) is 1.65. The third kappa shape index (κ3) is 2.19. The van der Waals surface area contributed by atoms with Crippen molar-refractivity contribution in [2.75, 3.05) is 5.73 Å². The second-order valence-corrected chi connectivity index (χ2v) is 4.18. The third-order valence-corrected chi connectivity index (χ3v) is 3.21. The number of thiophene rings is 1. The molecule has 0 spiro atoms. The minimum atomic E-state index is 0.434. The standard InChI is InChI=1S/C12H9N3S.C2H6/c13-11-10-9(8-4-2-1-3-5-8)6-16-12(10)15-7-14-11;1-2/h1-7H,(H2,13,14,15);1-2H3/i6D;. The zero-order valence-corrected chi connectivity index (χ0v) is 11.2. The Balaban J connectivity index is 0.000000637. The first-order chi connectivity index (χ1) is 9.27. The summed E-state index contributed by atoms with van der Waals surface area (Å²) in [5.74, 6) is 0.434. The van der Waals surface area contributed by atoms with Crippen LogP contribution in [0.2, 0.25) is 0 Å². The van der Waals surface area contributed by atoms with Crippen LogP contribution >= 0.6 is 11.3 Å². The molecule has 1 aromatic carbocycles. The van der Waals surface area contributed by atoms with Gasteiger partial charge in [-0.15, -0.1) is 11.3 Å². The van der Waals surface area contributed by atoms with Crippen LogP contribution in [0.3, 0.4) is 0 Å². The van der Waals surface area contributed by atoms with Gasteiger partial charge in [0, 0.05) is 10.9 Å². The molecule has 3 rings (SSSR count). The highest BCUT2D eigenvalue weighted by molar-refractivity contribution is 7.17. The van der Waals surface area contributed by atoms with Gasteiger partial charge >= 0.3 is 0 Å². The third-order valence-electron chi connectivity index (χ3n) is 2.40. The number of nitrogen functional groups attached to an aromatic ring is 1. The van der Waals surface area contributed by atoms with Gasteiger partial charge in [-0.25, -0.2) is 9.97 Å². The number of hydrogen-bond acceptors (Lipinski definition) is 4. The van der Waals surface area contributed by atoms with Crippen LogP contribution in [0, 0.1) is 0 Å². The van der Waals surface area contributed by atoms with E-state index < -0.39 is 0 Å². The Bertz CT molecular complexity index is 680. The van der Waals surface area contributed by atoms with Gasteiger partial charge in [-0.05, 0) is 5.56 Å². The predicted octanol–water partition coefficient (Wildman–Crippen LogP) is 3.97. The molecule has 2 N–H and O–H groups in total. The van der Waals surface area contributed by atoms with Gasteiger partial charge in [0.2, 0.25) is 0 Å². The van der Waals surface area contributed by atoms with Gasteiger partial charge in [0.15, 0.2) is 0 Å². The summed E-state index contributed by atoms with van der Waals surface area (Å²) < 4.78 is 8.03. The lowest BCUT2D eigenvalue weighted by Crippen LogP contribution is -1.91. The molecule has 92 valence electrons. The maximum Gasteiger partial charge on any atom is 0.136 e. The Morgan fingerprint density at radius 3 is 2.61 bits per heavy atom. The van der Waals surface area contributed by atoms with Crippen LogP contribution in [0.15, 0.2) is 42.0 Å². The van der Waals surface area contributed by atoms with Crippen molar-refractivity contribution in [3.63, 3.8) is 0 Å². The first-order valence-electron chi connectivity index (χ1n) is 6.32. The van der Waals surface area contributed by atoms with E-state index in [4.69, 9.17) is 7.10 Å². The zero-order chi connectivity index (χ0) is 13.8. The van der Waals surface area contributed by atoms with Crippen LogP contribution in [0.4, 0.5) is 5.82 Å². The molecule has 0 unspecified atom stereocenters. The van der Waals surface area contributed by atoms with E-state index in [-0.39, 0.29) is 0 Å². The summed E-state index contributed by atoms with van der Waals surface area (Å²) in [5, 5.41) is 1.26. The molecular formula is C14H15N3S. The summed E-state index contributed by atoms with van der Waals surface area (Å²) in [5.41, 5.74) is 7.68. The lowest BCUT2D eigenvalue weighted by atomic mass is 10.1. The average molecular weight is 258 g/mol. The van der Waals surface area contributed by atoms with E-state index in [1.54, 1.807) is 0 Å². The lowest BCUT2D eigenvalue weighted by molar-refractivity contribution is 1.24. The second kappa shape index (κ2) is 5.60. The van der Waals surface area contributed by atoms with E-state index >= 15 is 0 Å². The van der Waals surface area contributed by atoms with Gasteiger partial charge in [0.1, 0.15) is 17.0 Å². The zero-order valence-electron chi connectivity index (χ0n) is 11.3. The van der Waals surface area contributed by atoms with Crippen molar-refractivity contribution < 1.29 is 1.37 Å². The van der Waals surface area contributed by atoms with E-state index in [1.165, 1.54) is 17.7 Å². The number of anilines is 1. The molecule has 0 aliphatic carbocycles. The Morgan fingerprint density at radius 2 is 1.89 bits per heavy atom. The molecule has 0 saturated heterocycles. The molecule has 2 aromatic heterocycles. The molecule has 0 aliphatic heterocycles. The number of rotatable bonds is 1. The molecule has 0 amide bonds. The Kier molecular flexibility index (Phi) is 3.47. The summed E-state index contributed by atoms with van der Waals surface area (Å²) in [6, 6.07) is 9.76. The van der Waals surface area contributed by atoms with Gasteiger partial charge in [-0.2, -0.15) is 0 Å². The Labute approximate surface area is 112 Å². The minimum Gasteiger partial charge on any atom is -0.383 e. The van der Waals surface area contributed by atoms with E-state index in [9.17, 15) is 0 Å². The van der Waals surface area contributed by atoms with Crippen molar-refractivity contribution in [3.8, 4) is 11.1 Å². The molecule has 0 saturated carbocycles. The fraction of sp³-hybridized carbons (Fsp3) is 0.143. The Hall–Kier alpha value is -1.94. The normalized spacial score (nSPS) is 10.7. The van der Waals surface area contributed by atoms with Crippen molar-refractivity contribution in [2.45, 2.75) is 13.8 Å². The minimum absolute atomic E-state index is 0.434. The van der Waals surface area contributed by atoms with Crippen molar-refractivity contribution in [3.05, 3.63) is 42.0 Å². The SMILES string of the molecule is CC.[2H]c1sc2ncnc(N)c2c1-c1ccccc1. The van der Waals surface area contributed by atoms with Crippen LogP contribution in [-0.4, -0.2) is 9.97 Å². The van der Waals surface area contributed by atoms with Gasteiger partial charge in [-0.3, -0.25) is 0 Å². The van der Waals surface area contributed by atoms with Gasteiger partial charge < -0.3 is 5.73 Å². The molecule has 3 nitrogen and oxygen atoms in total. The fourth-order valence-corrected chi connectivity index (χ4v) is 2.48. The van der Waals surface area contributed by atoms with E-state index in [2.05, 4.69) is 9.97 Å². The highest BCUT2D eigenvalue weighted by Crippen LogP contribution is 2.34. The summed E-state index contributed by atoms with van der Waals surface area (Å²) in [4.78, 5) is 8.92. The van der Waals surface area contributed by atoms with Crippen LogP contribution in [-0.2, 0) is 0 Å². The molecule has 4 heteroatoms. The summed E-state index contributed by atoms with van der Waals surface area (Å²) in [7, 11) is 0. The maximum atomic E-state index is 8.03. The summed E-state index contributed by atoms with van der Waals surface area (Å²) >= 11 is 1.32. The average Bonchev–Trinajstić information content (AvgIpc) is 2.79. The molecule has 0 atom stereocenters. The highest BCUT2D eigenvalue weighted by atomic mass is 32.1. The van der Waals surface area contributed by atoms with E-state index in [0.29, 0.717) is 11.2 Å². The molecule has 0 bridgehead atoms. The molecule has 0 fully saturated rings. The lowest BCUT2D eigenvalue weighted by Gasteiger charge is -2.00. The number of benzene rings is 1. The number of nitrogens with two attached hydrogens (primary N) is 1. The van der Waals surface area contributed by atoms with Crippen LogP contribution in [0.1, 0.15) is 15.2 Å². The van der Waals surface area contributed by atoms with Gasteiger partial charge in [-0.1, -0.05) is 44.2 Å². The molecule has 0 radical (unpaired) electrons. The molecular weight excluding hydrogens is 242 g/mol. The van der Waals surface area contributed by atoms with Crippen LogP contribution in [0.25, 0.3) is 21.3 Å². The molecule has 18 heavy (non-hydrogen) atoms.